The molecule has 1 aliphatic heterocycles. The summed E-state index contributed by atoms with van der Waals surface area (Å²) in [7, 11) is 0. The molecule has 3 rings (SSSR count). The summed E-state index contributed by atoms with van der Waals surface area (Å²) in [6.45, 7) is 11.4. The smallest absolute Gasteiger partial charge is 0.342 e. The Kier molecular flexibility index (Phi) is 4.02. The highest BCUT2D eigenvalue weighted by atomic mass is 16.5. The van der Waals surface area contributed by atoms with E-state index in [2.05, 4.69) is 27.4 Å². The minimum absolute atomic E-state index is 0.0940. The molecule has 0 aromatic carbocycles. The Labute approximate surface area is 139 Å². The van der Waals surface area contributed by atoms with Crippen LogP contribution in [0.3, 0.4) is 0 Å². The lowest BCUT2D eigenvalue weighted by Gasteiger charge is -2.58. The molecule has 3 atom stereocenters. The van der Waals surface area contributed by atoms with Gasteiger partial charge < -0.3 is 4.74 Å². The van der Waals surface area contributed by atoms with Gasteiger partial charge in [0.1, 0.15) is 5.57 Å². The number of rotatable bonds is 2. The van der Waals surface area contributed by atoms with E-state index in [-0.39, 0.29) is 23.4 Å². The van der Waals surface area contributed by atoms with E-state index in [9.17, 15) is 9.59 Å². The maximum Gasteiger partial charge on any atom is 0.342 e. The molecule has 126 valence electrons. The highest BCUT2D eigenvalue weighted by Gasteiger charge is 2.52. The molecule has 0 N–H and O–H groups in total. The van der Waals surface area contributed by atoms with E-state index >= 15 is 0 Å². The SMILES string of the molecule is C=C1CC[C@H]2C(C)(C)CCC[C@]2(C)[C@H]1C/C=C1\C(=O)COC1=O. The van der Waals surface area contributed by atoms with Crippen molar-refractivity contribution in [1.29, 1.82) is 0 Å². The van der Waals surface area contributed by atoms with Crippen LogP contribution in [0.15, 0.2) is 23.8 Å². The average molecular weight is 316 g/mol. The monoisotopic (exact) mass is 316 g/mol. The summed E-state index contributed by atoms with van der Waals surface area (Å²) in [6, 6.07) is 0. The number of allylic oxidation sites excluding steroid dienone is 2. The van der Waals surface area contributed by atoms with Gasteiger partial charge in [0.25, 0.3) is 0 Å². The van der Waals surface area contributed by atoms with Gasteiger partial charge in [-0.2, -0.15) is 0 Å². The van der Waals surface area contributed by atoms with Crippen molar-refractivity contribution in [2.24, 2.45) is 22.7 Å². The number of hydrogen-bond donors (Lipinski definition) is 0. The first-order valence-electron chi connectivity index (χ1n) is 8.84. The zero-order valence-electron chi connectivity index (χ0n) is 14.6. The molecule has 3 fully saturated rings. The number of Topliss-reactive ketones (excluding diaryl/α,β-unsaturated/α-hetero) is 1. The molecule has 0 bridgehead atoms. The van der Waals surface area contributed by atoms with Gasteiger partial charge in [-0.3, -0.25) is 4.79 Å². The van der Waals surface area contributed by atoms with Gasteiger partial charge in [0, 0.05) is 0 Å². The fraction of sp³-hybridized carbons (Fsp3) is 0.700. The molecule has 2 saturated carbocycles. The summed E-state index contributed by atoms with van der Waals surface area (Å²) in [5.41, 5.74) is 2.12. The molecule has 1 heterocycles. The molecule has 3 heteroatoms. The van der Waals surface area contributed by atoms with Crippen molar-refractivity contribution in [1.82, 2.24) is 0 Å². The summed E-state index contributed by atoms with van der Waals surface area (Å²) in [6.07, 6.45) is 8.60. The van der Waals surface area contributed by atoms with Crippen LogP contribution in [0, 0.1) is 22.7 Å². The summed E-state index contributed by atoms with van der Waals surface area (Å²) in [4.78, 5) is 23.4. The first kappa shape index (κ1) is 16.5. The highest BCUT2D eigenvalue weighted by molar-refractivity contribution is 6.21. The van der Waals surface area contributed by atoms with Crippen LogP contribution in [0.1, 0.15) is 59.3 Å². The Balaban J connectivity index is 1.87. The van der Waals surface area contributed by atoms with Gasteiger partial charge in [0.15, 0.2) is 6.61 Å². The Hall–Kier alpha value is -1.38. The van der Waals surface area contributed by atoms with E-state index in [1.54, 1.807) is 0 Å². The van der Waals surface area contributed by atoms with E-state index in [1.165, 1.54) is 31.3 Å². The Morgan fingerprint density at radius 1 is 1.26 bits per heavy atom. The number of hydrogen-bond acceptors (Lipinski definition) is 3. The normalized spacial score (nSPS) is 38.6. The molecule has 0 radical (unpaired) electrons. The predicted octanol–water partition coefficient (Wildman–Crippen LogP) is 4.23. The third-order valence-electron chi connectivity index (χ3n) is 6.73. The van der Waals surface area contributed by atoms with Crippen LogP contribution < -0.4 is 0 Å². The molecule has 0 aromatic heterocycles. The largest absolute Gasteiger partial charge is 0.454 e. The van der Waals surface area contributed by atoms with Gasteiger partial charge in [-0.25, -0.2) is 4.79 Å². The van der Waals surface area contributed by atoms with Gasteiger partial charge in [-0.1, -0.05) is 45.4 Å². The van der Waals surface area contributed by atoms with Crippen LogP contribution in [-0.2, 0) is 14.3 Å². The number of cyclic esters (lactones) is 1. The van der Waals surface area contributed by atoms with Gasteiger partial charge >= 0.3 is 5.97 Å². The van der Waals surface area contributed by atoms with Crippen LogP contribution in [0.2, 0.25) is 0 Å². The van der Waals surface area contributed by atoms with Crippen LogP contribution in [0.25, 0.3) is 0 Å². The van der Waals surface area contributed by atoms with Crippen molar-refractivity contribution in [2.75, 3.05) is 6.61 Å². The van der Waals surface area contributed by atoms with Crippen LogP contribution in [-0.4, -0.2) is 18.4 Å². The van der Waals surface area contributed by atoms with Crippen LogP contribution in [0.4, 0.5) is 0 Å². The first-order valence-corrected chi connectivity index (χ1v) is 8.84. The maximum absolute atomic E-state index is 11.8. The van der Waals surface area contributed by atoms with Crippen LogP contribution in [0.5, 0.6) is 0 Å². The van der Waals surface area contributed by atoms with Crippen molar-refractivity contribution in [3.05, 3.63) is 23.8 Å². The van der Waals surface area contributed by atoms with Crippen LogP contribution >= 0.6 is 0 Å². The van der Waals surface area contributed by atoms with Gasteiger partial charge in [0.05, 0.1) is 0 Å². The second-order valence-electron chi connectivity index (χ2n) is 8.50. The molecule has 0 unspecified atom stereocenters. The fourth-order valence-corrected chi connectivity index (χ4v) is 5.54. The van der Waals surface area contributed by atoms with E-state index in [0.29, 0.717) is 17.3 Å². The molecule has 3 nitrogen and oxygen atoms in total. The summed E-state index contributed by atoms with van der Waals surface area (Å²) < 4.78 is 4.83. The lowest BCUT2D eigenvalue weighted by molar-refractivity contribution is -0.135. The quantitative estimate of drug-likeness (QED) is 0.331. The topological polar surface area (TPSA) is 43.4 Å². The zero-order valence-corrected chi connectivity index (χ0v) is 14.6. The van der Waals surface area contributed by atoms with Crippen molar-refractivity contribution >= 4 is 11.8 Å². The van der Waals surface area contributed by atoms with Gasteiger partial charge in [-0.15, -0.1) is 0 Å². The van der Waals surface area contributed by atoms with E-state index < -0.39 is 5.97 Å². The molecular weight excluding hydrogens is 288 g/mol. The highest BCUT2D eigenvalue weighted by Crippen LogP contribution is 2.61. The first-order chi connectivity index (χ1) is 10.8. The molecular formula is C20H28O3. The average Bonchev–Trinajstić information content (AvgIpc) is 2.77. The standard InChI is InChI=1S/C20H28O3/c1-13-6-9-17-19(2,3)10-5-11-20(17,4)15(13)8-7-14-16(21)12-23-18(14)22/h7,15,17H,1,5-6,8-12H2,2-4H3/b14-7+/t15-,17-,20+/m0/s1. The molecule has 0 aromatic rings. The van der Waals surface area contributed by atoms with E-state index in [0.717, 1.165) is 12.8 Å². The molecule has 0 spiro atoms. The van der Waals surface area contributed by atoms with Gasteiger partial charge in [-0.05, 0) is 54.8 Å². The fourth-order valence-electron chi connectivity index (χ4n) is 5.54. The maximum atomic E-state index is 11.8. The van der Waals surface area contributed by atoms with Gasteiger partial charge in [0.2, 0.25) is 5.78 Å². The summed E-state index contributed by atoms with van der Waals surface area (Å²) in [5.74, 6) is 0.405. The van der Waals surface area contributed by atoms with Crippen molar-refractivity contribution in [2.45, 2.75) is 59.3 Å². The molecule has 3 aliphatic rings. The number of carbonyl (C=O) groups excluding carboxylic acids is 2. The summed E-state index contributed by atoms with van der Waals surface area (Å²) >= 11 is 0. The third-order valence-corrected chi connectivity index (χ3v) is 6.73. The second-order valence-corrected chi connectivity index (χ2v) is 8.50. The predicted molar refractivity (Wildman–Crippen MR) is 89.8 cm³/mol. The Morgan fingerprint density at radius 2 is 2.00 bits per heavy atom. The van der Waals surface area contributed by atoms with Crippen molar-refractivity contribution in [3.63, 3.8) is 0 Å². The molecule has 1 saturated heterocycles. The molecule has 23 heavy (non-hydrogen) atoms. The number of fused-ring (bicyclic) bond motifs is 1. The van der Waals surface area contributed by atoms with E-state index in [1.807, 2.05) is 6.08 Å². The van der Waals surface area contributed by atoms with E-state index in [4.69, 9.17) is 4.74 Å². The number of ether oxygens (including phenoxy) is 1. The molecule has 0 amide bonds. The number of ketones is 1. The lowest BCUT2D eigenvalue weighted by atomic mass is 9.47. The minimum atomic E-state index is -0.456. The third kappa shape index (κ3) is 2.68. The zero-order chi connectivity index (χ0) is 16.8. The minimum Gasteiger partial charge on any atom is -0.454 e. The van der Waals surface area contributed by atoms with Crippen molar-refractivity contribution < 1.29 is 14.3 Å². The Morgan fingerprint density at radius 3 is 2.65 bits per heavy atom. The number of esters is 1. The van der Waals surface area contributed by atoms with Crippen molar-refractivity contribution in [3.8, 4) is 0 Å². The molecule has 2 aliphatic carbocycles. The lowest BCUT2D eigenvalue weighted by Crippen LogP contribution is -2.49. The number of carbonyl (C=O) groups is 2. The second kappa shape index (κ2) is 5.61. The Bertz CT molecular complexity index is 566. The summed E-state index contributed by atoms with van der Waals surface area (Å²) in [5, 5.41) is 0.